The van der Waals surface area contributed by atoms with Crippen LogP contribution < -0.4 is 10.2 Å². The summed E-state index contributed by atoms with van der Waals surface area (Å²) in [5.74, 6) is -0.748. The van der Waals surface area contributed by atoms with Crippen molar-refractivity contribution in [3.63, 3.8) is 0 Å². The Kier molecular flexibility index (Phi) is 4.67. The summed E-state index contributed by atoms with van der Waals surface area (Å²) in [6.45, 7) is -0.0672. The van der Waals surface area contributed by atoms with Crippen LogP contribution in [0.5, 0.6) is 0 Å². The number of para-hydroxylation sites is 2. The number of nitro benzene ring substituents is 1. The first-order valence-electron chi connectivity index (χ1n) is 6.47. The number of carbonyl (C=O) groups is 1. The van der Waals surface area contributed by atoms with Crippen molar-refractivity contribution in [2.45, 2.75) is 0 Å². The Morgan fingerprint density at radius 1 is 1.23 bits per heavy atom. The molecule has 22 heavy (non-hydrogen) atoms. The highest BCUT2D eigenvalue weighted by molar-refractivity contribution is 5.94. The maximum absolute atomic E-state index is 12.8. The van der Waals surface area contributed by atoms with Gasteiger partial charge in [0.25, 0.3) is 5.69 Å². The predicted molar refractivity (Wildman–Crippen MR) is 81.4 cm³/mol. The lowest BCUT2D eigenvalue weighted by Gasteiger charge is -2.18. The average Bonchev–Trinajstić information content (AvgIpc) is 2.49. The molecule has 2 aromatic rings. The number of hydrogen-bond acceptors (Lipinski definition) is 4. The molecule has 0 bridgehead atoms. The van der Waals surface area contributed by atoms with Gasteiger partial charge in [0.2, 0.25) is 5.91 Å². The molecule has 0 aromatic heterocycles. The summed E-state index contributed by atoms with van der Waals surface area (Å²) in [6, 6.07) is 11.5. The van der Waals surface area contributed by atoms with Gasteiger partial charge in [0.1, 0.15) is 11.5 Å². The van der Waals surface area contributed by atoms with Crippen LogP contribution in [0.25, 0.3) is 0 Å². The molecule has 7 heteroatoms. The molecule has 0 aliphatic rings. The van der Waals surface area contributed by atoms with Gasteiger partial charge < -0.3 is 10.2 Å². The van der Waals surface area contributed by atoms with Crippen LogP contribution in [0.2, 0.25) is 0 Å². The molecule has 6 nitrogen and oxygen atoms in total. The molecule has 2 aromatic carbocycles. The van der Waals surface area contributed by atoms with Gasteiger partial charge in [-0.05, 0) is 30.3 Å². The van der Waals surface area contributed by atoms with Crippen LogP contribution in [-0.2, 0) is 4.79 Å². The fraction of sp³-hybridized carbons (Fsp3) is 0.133. The number of hydrogen-bond donors (Lipinski definition) is 1. The van der Waals surface area contributed by atoms with Gasteiger partial charge in [-0.1, -0.05) is 12.1 Å². The third kappa shape index (κ3) is 3.78. The van der Waals surface area contributed by atoms with E-state index in [4.69, 9.17) is 0 Å². The fourth-order valence-electron chi connectivity index (χ4n) is 1.98. The van der Waals surface area contributed by atoms with Crippen LogP contribution in [0.1, 0.15) is 0 Å². The number of rotatable bonds is 5. The number of benzene rings is 2. The van der Waals surface area contributed by atoms with E-state index in [-0.39, 0.29) is 18.1 Å². The maximum Gasteiger partial charge on any atom is 0.292 e. The number of likely N-dealkylation sites (N-methyl/N-ethyl adjacent to an activating group) is 1. The van der Waals surface area contributed by atoms with Gasteiger partial charge >= 0.3 is 0 Å². The number of anilines is 2. The quantitative estimate of drug-likeness (QED) is 0.680. The number of carbonyl (C=O) groups excluding carboxylic acids is 1. The monoisotopic (exact) mass is 303 g/mol. The van der Waals surface area contributed by atoms with E-state index in [1.54, 1.807) is 25.2 Å². The molecule has 2 rings (SSSR count). The third-order valence-corrected chi connectivity index (χ3v) is 3.00. The minimum atomic E-state index is -0.496. The summed E-state index contributed by atoms with van der Waals surface area (Å²) in [5.41, 5.74) is 0.740. The van der Waals surface area contributed by atoms with Gasteiger partial charge in [-0.2, -0.15) is 0 Å². The summed E-state index contributed by atoms with van der Waals surface area (Å²) in [4.78, 5) is 23.9. The van der Waals surface area contributed by atoms with Crippen LogP contribution in [0.4, 0.5) is 21.5 Å². The standard InChI is InChI=1S/C15H14FN3O3/c1-18(13-4-2-3-5-14(13)19(21)22)10-15(20)17-12-8-6-11(16)7-9-12/h2-9H,10H2,1H3,(H,17,20). The summed E-state index contributed by atoms with van der Waals surface area (Å²) in [6.07, 6.45) is 0. The number of amides is 1. The van der Waals surface area contributed by atoms with Crippen molar-refractivity contribution < 1.29 is 14.1 Å². The molecule has 0 atom stereocenters. The molecule has 0 fully saturated rings. The highest BCUT2D eigenvalue weighted by Crippen LogP contribution is 2.26. The van der Waals surface area contributed by atoms with E-state index in [2.05, 4.69) is 5.32 Å². The summed E-state index contributed by atoms with van der Waals surface area (Å²) in [7, 11) is 1.59. The van der Waals surface area contributed by atoms with Crippen molar-refractivity contribution >= 4 is 23.0 Å². The van der Waals surface area contributed by atoms with E-state index in [0.29, 0.717) is 11.4 Å². The molecule has 1 amide bonds. The van der Waals surface area contributed by atoms with Crippen molar-refractivity contribution in [1.29, 1.82) is 0 Å². The summed E-state index contributed by atoms with van der Waals surface area (Å²) in [5, 5.41) is 13.6. The topological polar surface area (TPSA) is 75.5 Å². The Morgan fingerprint density at radius 2 is 1.86 bits per heavy atom. The minimum Gasteiger partial charge on any atom is -0.360 e. The van der Waals surface area contributed by atoms with E-state index in [9.17, 15) is 19.3 Å². The molecule has 0 saturated carbocycles. The SMILES string of the molecule is CN(CC(=O)Nc1ccc(F)cc1)c1ccccc1[N+](=O)[O-]. The highest BCUT2D eigenvalue weighted by atomic mass is 19.1. The van der Waals surface area contributed by atoms with Crippen LogP contribution in [0.3, 0.4) is 0 Å². The molecular formula is C15H14FN3O3. The van der Waals surface area contributed by atoms with Gasteiger partial charge in [-0.25, -0.2) is 4.39 Å². The number of nitrogens with one attached hydrogen (secondary N) is 1. The Balaban J connectivity index is 2.05. The molecule has 0 aliphatic carbocycles. The lowest BCUT2D eigenvalue weighted by Crippen LogP contribution is -2.30. The minimum absolute atomic E-state index is 0.0672. The predicted octanol–water partition coefficient (Wildman–Crippen LogP) is 2.81. The maximum atomic E-state index is 12.8. The third-order valence-electron chi connectivity index (χ3n) is 3.00. The molecule has 0 heterocycles. The van der Waals surface area contributed by atoms with Crippen LogP contribution in [0.15, 0.2) is 48.5 Å². The fourth-order valence-corrected chi connectivity index (χ4v) is 1.98. The summed E-state index contributed by atoms with van der Waals surface area (Å²) >= 11 is 0. The van der Waals surface area contributed by atoms with E-state index >= 15 is 0 Å². The second-order valence-corrected chi connectivity index (χ2v) is 4.66. The Morgan fingerprint density at radius 3 is 2.50 bits per heavy atom. The van der Waals surface area contributed by atoms with Crippen molar-refractivity contribution in [2.24, 2.45) is 0 Å². The molecule has 0 unspecified atom stereocenters. The molecule has 1 N–H and O–H groups in total. The van der Waals surface area contributed by atoms with Crippen molar-refractivity contribution in [1.82, 2.24) is 0 Å². The molecular weight excluding hydrogens is 289 g/mol. The van der Waals surface area contributed by atoms with Crippen LogP contribution in [0, 0.1) is 15.9 Å². The number of halogens is 1. The van der Waals surface area contributed by atoms with Gasteiger partial charge in [0.15, 0.2) is 0 Å². The second-order valence-electron chi connectivity index (χ2n) is 4.66. The molecule has 0 spiro atoms. The van der Waals surface area contributed by atoms with Crippen molar-refractivity contribution in [3.05, 3.63) is 64.5 Å². The molecule has 0 aliphatic heterocycles. The normalized spacial score (nSPS) is 10.1. The molecule has 0 radical (unpaired) electrons. The Labute approximate surface area is 126 Å². The first-order chi connectivity index (χ1) is 10.5. The second kappa shape index (κ2) is 6.66. The average molecular weight is 303 g/mol. The van der Waals surface area contributed by atoms with E-state index in [1.807, 2.05) is 0 Å². The molecule has 0 saturated heterocycles. The van der Waals surface area contributed by atoms with E-state index < -0.39 is 10.7 Å². The van der Waals surface area contributed by atoms with E-state index in [1.165, 1.54) is 35.2 Å². The largest absolute Gasteiger partial charge is 0.360 e. The summed E-state index contributed by atoms with van der Waals surface area (Å²) < 4.78 is 12.8. The zero-order valence-corrected chi connectivity index (χ0v) is 11.8. The number of nitro groups is 1. The first-order valence-corrected chi connectivity index (χ1v) is 6.47. The lowest BCUT2D eigenvalue weighted by molar-refractivity contribution is -0.384. The van der Waals surface area contributed by atoms with Crippen LogP contribution >= 0.6 is 0 Å². The first kappa shape index (κ1) is 15.4. The van der Waals surface area contributed by atoms with Gasteiger partial charge in [0, 0.05) is 18.8 Å². The van der Waals surface area contributed by atoms with Crippen molar-refractivity contribution in [2.75, 3.05) is 23.8 Å². The van der Waals surface area contributed by atoms with Gasteiger partial charge in [-0.3, -0.25) is 14.9 Å². The highest BCUT2D eigenvalue weighted by Gasteiger charge is 2.17. The lowest BCUT2D eigenvalue weighted by atomic mass is 10.2. The zero-order valence-electron chi connectivity index (χ0n) is 11.8. The number of nitrogens with zero attached hydrogens (tertiary/aromatic N) is 2. The van der Waals surface area contributed by atoms with Crippen LogP contribution in [-0.4, -0.2) is 24.4 Å². The Hall–Kier alpha value is -2.96. The van der Waals surface area contributed by atoms with Crippen molar-refractivity contribution in [3.8, 4) is 0 Å². The molecule has 114 valence electrons. The smallest absolute Gasteiger partial charge is 0.292 e. The zero-order chi connectivity index (χ0) is 16.1. The van der Waals surface area contributed by atoms with Gasteiger partial charge in [0.05, 0.1) is 11.5 Å². The van der Waals surface area contributed by atoms with E-state index in [0.717, 1.165) is 0 Å². The van der Waals surface area contributed by atoms with Gasteiger partial charge in [-0.15, -0.1) is 0 Å². The Bertz CT molecular complexity index is 689.